The van der Waals surface area contributed by atoms with Crippen LogP contribution in [0.15, 0.2) is 22.7 Å². The van der Waals surface area contributed by atoms with Gasteiger partial charge in [0.15, 0.2) is 5.82 Å². The van der Waals surface area contributed by atoms with Gasteiger partial charge in [-0.3, -0.25) is 0 Å². The number of hydrogen-bond donors (Lipinski definition) is 1. The largest absolute Gasteiger partial charge is 0.374 e. The van der Waals surface area contributed by atoms with Crippen molar-refractivity contribution in [2.45, 2.75) is 26.8 Å². The van der Waals surface area contributed by atoms with Gasteiger partial charge in [-0.1, -0.05) is 22.8 Å². The van der Waals surface area contributed by atoms with Crippen LogP contribution in [-0.4, -0.2) is 10.1 Å². The van der Waals surface area contributed by atoms with E-state index >= 15 is 0 Å². The van der Waals surface area contributed by atoms with Crippen LogP contribution in [0.3, 0.4) is 0 Å². The van der Waals surface area contributed by atoms with Gasteiger partial charge in [-0.2, -0.15) is 4.98 Å². The average molecular weight is 252 g/mol. The van der Waals surface area contributed by atoms with Crippen LogP contribution in [0.5, 0.6) is 0 Å². The number of nitrogens with one attached hydrogen (secondary N) is 1. The van der Waals surface area contributed by atoms with Crippen molar-refractivity contribution in [1.29, 1.82) is 0 Å². The SMILES string of the molecule is Cc1noc(C(C)Nc2ccc(C)c(Cl)c2)n1. The van der Waals surface area contributed by atoms with E-state index in [1.807, 2.05) is 32.0 Å². The van der Waals surface area contributed by atoms with Gasteiger partial charge in [0.1, 0.15) is 6.04 Å². The van der Waals surface area contributed by atoms with E-state index in [9.17, 15) is 0 Å². The summed E-state index contributed by atoms with van der Waals surface area (Å²) in [4.78, 5) is 4.17. The fourth-order valence-electron chi connectivity index (χ4n) is 1.48. The fourth-order valence-corrected chi connectivity index (χ4v) is 1.66. The molecule has 1 unspecified atom stereocenters. The number of aromatic nitrogens is 2. The van der Waals surface area contributed by atoms with Crippen LogP contribution in [0, 0.1) is 13.8 Å². The van der Waals surface area contributed by atoms with E-state index in [-0.39, 0.29) is 6.04 Å². The smallest absolute Gasteiger partial charge is 0.248 e. The van der Waals surface area contributed by atoms with Crippen molar-refractivity contribution < 1.29 is 4.52 Å². The zero-order valence-electron chi connectivity index (χ0n) is 9.99. The zero-order valence-corrected chi connectivity index (χ0v) is 10.7. The quantitative estimate of drug-likeness (QED) is 0.907. The van der Waals surface area contributed by atoms with Crippen LogP contribution >= 0.6 is 11.6 Å². The van der Waals surface area contributed by atoms with Crippen molar-refractivity contribution >= 4 is 17.3 Å². The number of aryl methyl sites for hydroxylation is 2. The van der Waals surface area contributed by atoms with Crippen molar-refractivity contribution in [2.75, 3.05) is 5.32 Å². The first-order valence-electron chi connectivity index (χ1n) is 5.39. The summed E-state index contributed by atoms with van der Waals surface area (Å²) in [6.07, 6.45) is 0. The van der Waals surface area contributed by atoms with Gasteiger partial charge < -0.3 is 9.84 Å². The van der Waals surface area contributed by atoms with Gasteiger partial charge >= 0.3 is 0 Å². The number of nitrogens with zero attached hydrogens (tertiary/aromatic N) is 2. The lowest BCUT2D eigenvalue weighted by Crippen LogP contribution is -2.07. The summed E-state index contributed by atoms with van der Waals surface area (Å²) >= 11 is 6.06. The zero-order chi connectivity index (χ0) is 12.4. The molecule has 0 aliphatic heterocycles. The van der Waals surface area contributed by atoms with E-state index in [1.54, 1.807) is 6.92 Å². The second-order valence-corrected chi connectivity index (χ2v) is 4.42. The number of hydrogen-bond acceptors (Lipinski definition) is 4. The molecule has 0 bridgehead atoms. The Labute approximate surface area is 105 Å². The highest BCUT2D eigenvalue weighted by Crippen LogP contribution is 2.23. The first-order valence-corrected chi connectivity index (χ1v) is 5.77. The van der Waals surface area contributed by atoms with E-state index in [4.69, 9.17) is 16.1 Å². The van der Waals surface area contributed by atoms with Gasteiger partial charge in [-0.25, -0.2) is 0 Å². The Morgan fingerprint density at radius 1 is 1.35 bits per heavy atom. The highest BCUT2D eigenvalue weighted by molar-refractivity contribution is 6.31. The Morgan fingerprint density at radius 2 is 2.12 bits per heavy atom. The number of halogens is 1. The Kier molecular flexibility index (Phi) is 3.33. The molecule has 1 atom stereocenters. The average Bonchev–Trinajstić information content (AvgIpc) is 2.70. The Bertz CT molecular complexity index is 524. The highest BCUT2D eigenvalue weighted by atomic mass is 35.5. The molecule has 4 nitrogen and oxygen atoms in total. The minimum Gasteiger partial charge on any atom is -0.374 e. The van der Waals surface area contributed by atoms with Crippen LogP contribution in [0.1, 0.15) is 30.2 Å². The molecule has 0 amide bonds. The monoisotopic (exact) mass is 251 g/mol. The second kappa shape index (κ2) is 4.75. The lowest BCUT2D eigenvalue weighted by molar-refractivity contribution is 0.364. The van der Waals surface area contributed by atoms with E-state index < -0.39 is 0 Å². The van der Waals surface area contributed by atoms with Gasteiger partial charge in [0.2, 0.25) is 5.89 Å². The Morgan fingerprint density at radius 3 is 2.71 bits per heavy atom. The molecule has 17 heavy (non-hydrogen) atoms. The Hall–Kier alpha value is -1.55. The first-order chi connectivity index (χ1) is 8.06. The van der Waals surface area contributed by atoms with Crippen molar-refractivity contribution in [1.82, 2.24) is 10.1 Å². The lowest BCUT2D eigenvalue weighted by atomic mass is 10.2. The standard InChI is InChI=1S/C12H14ClN3O/c1-7-4-5-10(6-11(7)13)14-8(2)12-15-9(3)16-17-12/h4-6,8,14H,1-3H3. The van der Waals surface area contributed by atoms with Crippen molar-refractivity contribution in [3.63, 3.8) is 0 Å². The van der Waals surface area contributed by atoms with Gasteiger partial charge in [-0.15, -0.1) is 0 Å². The molecule has 1 heterocycles. The number of benzene rings is 1. The lowest BCUT2D eigenvalue weighted by Gasteiger charge is -2.11. The minimum atomic E-state index is -0.0463. The molecular weight excluding hydrogens is 238 g/mol. The second-order valence-electron chi connectivity index (χ2n) is 4.01. The molecule has 1 aromatic heterocycles. The predicted molar refractivity (Wildman–Crippen MR) is 67.3 cm³/mol. The molecule has 2 aromatic rings. The number of rotatable bonds is 3. The van der Waals surface area contributed by atoms with E-state index in [1.165, 1.54) is 0 Å². The van der Waals surface area contributed by atoms with Crippen LogP contribution in [-0.2, 0) is 0 Å². The molecule has 5 heteroatoms. The topological polar surface area (TPSA) is 51.0 Å². The van der Waals surface area contributed by atoms with E-state index in [2.05, 4.69) is 15.5 Å². The van der Waals surface area contributed by atoms with Crippen LogP contribution < -0.4 is 5.32 Å². The van der Waals surface area contributed by atoms with Gasteiger partial charge in [-0.05, 0) is 38.5 Å². The predicted octanol–water partition coefficient (Wildman–Crippen LogP) is 3.51. The van der Waals surface area contributed by atoms with Gasteiger partial charge in [0, 0.05) is 10.7 Å². The van der Waals surface area contributed by atoms with Gasteiger partial charge in [0.05, 0.1) is 0 Å². The summed E-state index contributed by atoms with van der Waals surface area (Å²) in [5, 5.41) is 7.76. The highest BCUT2D eigenvalue weighted by Gasteiger charge is 2.12. The van der Waals surface area contributed by atoms with Crippen LogP contribution in [0.4, 0.5) is 5.69 Å². The molecule has 0 saturated heterocycles. The summed E-state index contributed by atoms with van der Waals surface area (Å²) in [7, 11) is 0. The number of anilines is 1. The van der Waals surface area contributed by atoms with Crippen LogP contribution in [0.25, 0.3) is 0 Å². The first kappa shape index (κ1) is 11.9. The fraction of sp³-hybridized carbons (Fsp3) is 0.333. The van der Waals surface area contributed by atoms with Crippen LogP contribution in [0.2, 0.25) is 5.02 Å². The molecule has 0 aliphatic carbocycles. The van der Waals surface area contributed by atoms with Gasteiger partial charge in [0.25, 0.3) is 0 Å². The van der Waals surface area contributed by atoms with Crippen molar-refractivity contribution in [3.8, 4) is 0 Å². The summed E-state index contributed by atoms with van der Waals surface area (Å²) in [6, 6.07) is 5.78. The van der Waals surface area contributed by atoms with E-state index in [0.29, 0.717) is 11.7 Å². The van der Waals surface area contributed by atoms with E-state index in [0.717, 1.165) is 16.3 Å². The summed E-state index contributed by atoms with van der Waals surface area (Å²) in [5.74, 6) is 1.20. The molecule has 0 radical (unpaired) electrons. The summed E-state index contributed by atoms with van der Waals surface area (Å²) in [6.45, 7) is 5.72. The molecule has 0 spiro atoms. The third kappa shape index (κ3) is 2.77. The molecule has 0 fully saturated rings. The molecule has 0 aliphatic rings. The molecule has 1 N–H and O–H groups in total. The maximum atomic E-state index is 6.06. The van der Waals surface area contributed by atoms with Crippen molar-refractivity contribution in [3.05, 3.63) is 40.5 Å². The molecule has 90 valence electrons. The minimum absolute atomic E-state index is 0.0463. The Balaban J connectivity index is 2.12. The van der Waals surface area contributed by atoms with Crippen molar-refractivity contribution in [2.24, 2.45) is 0 Å². The third-order valence-electron chi connectivity index (χ3n) is 2.47. The maximum absolute atomic E-state index is 6.06. The molecular formula is C12H14ClN3O. The third-order valence-corrected chi connectivity index (χ3v) is 2.88. The molecule has 1 aromatic carbocycles. The summed E-state index contributed by atoms with van der Waals surface area (Å²) < 4.78 is 5.10. The molecule has 0 saturated carbocycles. The normalized spacial score (nSPS) is 12.5. The molecule has 2 rings (SSSR count). The maximum Gasteiger partial charge on any atom is 0.248 e. The summed E-state index contributed by atoms with van der Waals surface area (Å²) in [5.41, 5.74) is 1.99.